The maximum absolute atomic E-state index is 14.0. The van der Waals surface area contributed by atoms with Gasteiger partial charge in [-0.15, -0.1) is 0 Å². The smallest absolute Gasteiger partial charge is 0.196 e. The van der Waals surface area contributed by atoms with Crippen molar-refractivity contribution < 1.29 is 14.1 Å². The Morgan fingerprint density at radius 3 is 2.34 bits per heavy atom. The Morgan fingerprint density at radius 2 is 1.58 bits per heavy atom. The molecule has 0 radical (unpaired) electrons. The van der Waals surface area contributed by atoms with Crippen LogP contribution in [0.5, 0.6) is 5.75 Å². The van der Waals surface area contributed by atoms with Gasteiger partial charge in [0.15, 0.2) is 11.5 Å². The highest BCUT2D eigenvalue weighted by Gasteiger charge is 2.36. The number of anilines is 3. The van der Waals surface area contributed by atoms with Crippen LogP contribution in [0.1, 0.15) is 35.7 Å². The number of aromatic nitrogens is 1. The Kier molecular flexibility index (Phi) is 5.53. The van der Waals surface area contributed by atoms with E-state index in [0.717, 1.165) is 90.5 Å². The molecule has 0 amide bonds. The van der Waals surface area contributed by atoms with Gasteiger partial charge in [0.25, 0.3) is 0 Å². The van der Waals surface area contributed by atoms with Gasteiger partial charge in [-0.05, 0) is 37.0 Å². The molecule has 3 aromatic carbocycles. The molecule has 1 atom stereocenters. The SMILES string of the molecule is COc1ccccc1N1CCN(c2cc(N3CCCC(C)C3)c3c4c(onc24)-c2ccccc2C3=O)CC1. The van der Waals surface area contributed by atoms with Crippen molar-refractivity contribution in [1.82, 2.24) is 5.16 Å². The van der Waals surface area contributed by atoms with E-state index in [1.54, 1.807) is 7.11 Å². The molecule has 2 saturated heterocycles. The van der Waals surface area contributed by atoms with Crippen LogP contribution < -0.4 is 19.4 Å². The number of carbonyl (C=O) groups is 1. The van der Waals surface area contributed by atoms with Crippen molar-refractivity contribution in [2.75, 3.05) is 61.1 Å². The van der Waals surface area contributed by atoms with Crippen LogP contribution in [0.2, 0.25) is 0 Å². The number of nitrogens with zero attached hydrogens (tertiary/aromatic N) is 4. The second kappa shape index (κ2) is 9.08. The minimum absolute atomic E-state index is 0.0714. The number of fused-ring (bicyclic) bond motifs is 2. The van der Waals surface area contributed by atoms with Crippen molar-refractivity contribution >= 4 is 33.7 Å². The lowest BCUT2D eigenvalue weighted by molar-refractivity contribution is 0.104. The van der Waals surface area contributed by atoms with E-state index in [1.165, 1.54) is 6.42 Å². The highest BCUT2D eigenvalue weighted by molar-refractivity contribution is 6.28. The molecule has 3 aliphatic rings. The molecule has 3 heterocycles. The van der Waals surface area contributed by atoms with E-state index < -0.39 is 0 Å². The predicted molar refractivity (Wildman–Crippen MR) is 151 cm³/mol. The molecule has 2 aliphatic heterocycles. The average Bonchev–Trinajstić information content (AvgIpc) is 3.41. The number of methoxy groups -OCH3 is 1. The number of hydrogen-bond acceptors (Lipinski definition) is 7. The van der Waals surface area contributed by atoms with Gasteiger partial charge >= 0.3 is 0 Å². The quantitative estimate of drug-likeness (QED) is 0.313. The molecule has 1 aliphatic carbocycles. The third-order valence-electron chi connectivity index (χ3n) is 8.40. The highest BCUT2D eigenvalue weighted by atomic mass is 16.5. The first-order chi connectivity index (χ1) is 18.6. The molecule has 7 nitrogen and oxygen atoms in total. The summed E-state index contributed by atoms with van der Waals surface area (Å²) in [6.45, 7) is 7.63. The van der Waals surface area contributed by atoms with Crippen molar-refractivity contribution in [2.45, 2.75) is 19.8 Å². The van der Waals surface area contributed by atoms with Gasteiger partial charge in [0.1, 0.15) is 11.3 Å². The largest absolute Gasteiger partial charge is 0.495 e. The normalized spacial score (nSPS) is 19.2. The molecular weight excluding hydrogens is 476 g/mol. The fourth-order valence-corrected chi connectivity index (χ4v) is 6.50. The zero-order valence-corrected chi connectivity index (χ0v) is 21.9. The third-order valence-corrected chi connectivity index (χ3v) is 8.40. The van der Waals surface area contributed by atoms with Gasteiger partial charge in [-0.2, -0.15) is 0 Å². The Labute approximate surface area is 222 Å². The molecule has 38 heavy (non-hydrogen) atoms. The number of ether oxygens (including phenoxy) is 1. The lowest BCUT2D eigenvalue weighted by Crippen LogP contribution is -2.47. The van der Waals surface area contributed by atoms with Crippen LogP contribution in [0, 0.1) is 5.92 Å². The fraction of sp³-hybridized carbons (Fsp3) is 0.355. The van der Waals surface area contributed by atoms with Crippen LogP contribution in [0.25, 0.3) is 22.2 Å². The Morgan fingerprint density at radius 1 is 0.868 bits per heavy atom. The van der Waals surface area contributed by atoms with Gasteiger partial charge in [0, 0.05) is 50.4 Å². The first kappa shape index (κ1) is 23.1. The van der Waals surface area contributed by atoms with Crippen molar-refractivity contribution in [3.63, 3.8) is 0 Å². The molecule has 1 unspecified atom stereocenters. The maximum atomic E-state index is 14.0. The second-order valence-electron chi connectivity index (χ2n) is 10.7. The lowest BCUT2D eigenvalue weighted by atomic mass is 9.85. The summed E-state index contributed by atoms with van der Waals surface area (Å²) in [7, 11) is 1.72. The summed E-state index contributed by atoms with van der Waals surface area (Å²) in [5.74, 6) is 2.27. The summed E-state index contributed by atoms with van der Waals surface area (Å²) in [5, 5.41) is 5.45. The van der Waals surface area contributed by atoms with Gasteiger partial charge in [-0.25, -0.2) is 0 Å². The standard InChI is InChI=1S/C31H32N4O3/c1-20-8-7-13-35(19-20)24-18-25(34-16-14-33(15-17-34)23-11-5-6-12-26(23)37-2)29-28-27(24)30(36)21-9-3-4-10-22(21)31(28)38-32-29/h3-6,9-12,18,20H,7-8,13-17,19H2,1-2H3. The molecule has 0 bridgehead atoms. The molecule has 7 rings (SSSR count). The van der Waals surface area contributed by atoms with Crippen molar-refractivity contribution in [3.05, 3.63) is 65.7 Å². The van der Waals surface area contributed by atoms with Crippen LogP contribution in [-0.4, -0.2) is 57.3 Å². The molecular formula is C31H32N4O3. The average molecular weight is 509 g/mol. The summed E-state index contributed by atoms with van der Waals surface area (Å²) >= 11 is 0. The Balaban J connectivity index is 1.32. The molecule has 0 N–H and O–H groups in total. The van der Waals surface area contributed by atoms with Gasteiger partial charge in [0.2, 0.25) is 0 Å². The summed E-state index contributed by atoms with van der Waals surface area (Å²) in [4.78, 5) is 21.2. The molecule has 1 aromatic heterocycles. The van der Waals surface area contributed by atoms with E-state index in [1.807, 2.05) is 36.4 Å². The van der Waals surface area contributed by atoms with Crippen LogP contribution in [0.3, 0.4) is 0 Å². The first-order valence-corrected chi connectivity index (χ1v) is 13.6. The zero-order chi connectivity index (χ0) is 25.8. The minimum atomic E-state index is 0.0714. The van der Waals surface area contributed by atoms with Crippen LogP contribution >= 0.6 is 0 Å². The number of para-hydroxylation sites is 2. The zero-order valence-electron chi connectivity index (χ0n) is 21.9. The molecule has 2 fully saturated rings. The Hall–Kier alpha value is -4.00. The first-order valence-electron chi connectivity index (χ1n) is 13.6. The molecule has 4 aromatic rings. The topological polar surface area (TPSA) is 62.1 Å². The number of rotatable bonds is 4. The Bertz CT molecular complexity index is 1540. The fourth-order valence-electron chi connectivity index (χ4n) is 6.50. The number of benzene rings is 3. The van der Waals surface area contributed by atoms with Crippen molar-refractivity contribution in [2.24, 2.45) is 5.92 Å². The molecule has 194 valence electrons. The monoisotopic (exact) mass is 508 g/mol. The van der Waals surface area contributed by atoms with Gasteiger partial charge in [0.05, 0.1) is 35.1 Å². The summed E-state index contributed by atoms with van der Waals surface area (Å²) < 4.78 is 11.6. The summed E-state index contributed by atoms with van der Waals surface area (Å²) in [5.41, 5.74) is 6.27. The van der Waals surface area contributed by atoms with E-state index in [2.05, 4.69) is 45.0 Å². The van der Waals surface area contributed by atoms with E-state index >= 15 is 0 Å². The number of carbonyl (C=O) groups excluding carboxylic acids is 1. The van der Waals surface area contributed by atoms with Crippen LogP contribution in [0.15, 0.2) is 59.1 Å². The predicted octanol–water partition coefficient (Wildman–Crippen LogP) is 5.61. The van der Waals surface area contributed by atoms with Gasteiger partial charge < -0.3 is 24.0 Å². The maximum Gasteiger partial charge on any atom is 0.196 e. The third kappa shape index (κ3) is 3.56. The minimum Gasteiger partial charge on any atom is -0.495 e. The van der Waals surface area contributed by atoms with Crippen LogP contribution in [0.4, 0.5) is 17.1 Å². The van der Waals surface area contributed by atoms with Gasteiger partial charge in [-0.1, -0.05) is 48.5 Å². The van der Waals surface area contributed by atoms with Crippen molar-refractivity contribution in [1.29, 1.82) is 0 Å². The number of piperazine rings is 1. The lowest BCUT2D eigenvalue weighted by Gasteiger charge is -2.39. The van der Waals surface area contributed by atoms with Crippen LogP contribution in [-0.2, 0) is 0 Å². The van der Waals surface area contributed by atoms with E-state index in [9.17, 15) is 4.79 Å². The summed E-state index contributed by atoms with van der Waals surface area (Å²) in [6.07, 6.45) is 2.36. The van der Waals surface area contributed by atoms with E-state index in [-0.39, 0.29) is 5.78 Å². The second-order valence-corrected chi connectivity index (χ2v) is 10.7. The molecule has 7 heteroatoms. The van der Waals surface area contributed by atoms with Crippen molar-refractivity contribution in [3.8, 4) is 17.1 Å². The van der Waals surface area contributed by atoms with E-state index in [0.29, 0.717) is 17.2 Å². The summed E-state index contributed by atoms with van der Waals surface area (Å²) in [6, 6.07) is 18.2. The van der Waals surface area contributed by atoms with Gasteiger partial charge in [-0.3, -0.25) is 4.79 Å². The van der Waals surface area contributed by atoms with E-state index in [4.69, 9.17) is 9.26 Å². The highest BCUT2D eigenvalue weighted by Crippen LogP contribution is 2.47. The number of ketones is 1. The number of piperidine rings is 1. The molecule has 0 saturated carbocycles. The number of hydrogen-bond donors (Lipinski definition) is 0. The molecule has 0 spiro atoms.